The smallest absolute Gasteiger partial charge is 0.263 e. The molecule has 5 atom stereocenters. The third kappa shape index (κ3) is 1.53. The number of ether oxygens (including phenoxy) is 1. The average Bonchev–Trinajstić information content (AvgIpc) is 3.28. The second-order valence-corrected chi connectivity index (χ2v) is 7.97. The fourth-order valence-electron chi connectivity index (χ4n) is 5.33. The number of nitrogens with zero attached hydrogens (tertiary/aromatic N) is 5. The molecule has 2 aromatic heterocycles. The molecule has 0 aromatic carbocycles. The van der Waals surface area contributed by atoms with Crippen LogP contribution in [0.2, 0.25) is 0 Å². The van der Waals surface area contributed by atoms with Crippen LogP contribution in [0.1, 0.15) is 26.0 Å². The van der Waals surface area contributed by atoms with Gasteiger partial charge in [0.2, 0.25) is 5.91 Å². The summed E-state index contributed by atoms with van der Waals surface area (Å²) in [6.07, 6.45) is 2.55. The van der Waals surface area contributed by atoms with Crippen molar-refractivity contribution in [3.8, 4) is 0 Å². The van der Waals surface area contributed by atoms with Crippen LogP contribution < -0.4 is 4.90 Å². The monoisotopic (exact) mass is 368 g/mol. The molecule has 0 aliphatic carbocycles. The number of carbonyl (C=O) groups excluding carboxylic acids is 2. The van der Waals surface area contributed by atoms with Crippen LogP contribution in [0, 0.1) is 12.8 Å². The van der Waals surface area contributed by atoms with Gasteiger partial charge in [-0.1, -0.05) is 0 Å². The SMILES string of the molecule is Cc1c(N2C(=O)C3C4(C)OC(C)(C[C@H]4O)[C@]3(N=[N-])C2=O)ccc2nccn12. The summed E-state index contributed by atoms with van der Waals surface area (Å²) >= 11 is 0. The number of imide groups is 1. The number of carbonyl (C=O) groups is 2. The first-order valence-electron chi connectivity index (χ1n) is 8.77. The lowest BCUT2D eigenvalue weighted by atomic mass is 9.63. The quantitative estimate of drug-likeness (QED) is 0.631. The lowest BCUT2D eigenvalue weighted by molar-refractivity contribution is -0.132. The van der Waals surface area contributed by atoms with E-state index in [2.05, 4.69) is 10.1 Å². The topological polar surface area (TPSA) is 119 Å². The fraction of sp³-hybridized carbons (Fsp3) is 0.500. The second kappa shape index (κ2) is 4.60. The van der Waals surface area contributed by atoms with Gasteiger partial charge in [0.05, 0.1) is 11.8 Å². The molecule has 5 rings (SSSR count). The van der Waals surface area contributed by atoms with E-state index >= 15 is 0 Å². The Bertz CT molecular complexity index is 1050. The number of anilines is 1. The predicted molar refractivity (Wildman–Crippen MR) is 92.9 cm³/mol. The molecule has 3 unspecified atom stereocenters. The summed E-state index contributed by atoms with van der Waals surface area (Å²) in [6.45, 7) is 4.99. The van der Waals surface area contributed by atoms with Crippen molar-refractivity contribution in [2.75, 3.05) is 4.90 Å². The summed E-state index contributed by atoms with van der Waals surface area (Å²) in [7, 11) is 0. The summed E-state index contributed by atoms with van der Waals surface area (Å²) in [5, 5.41) is 13.9. The van der Waals surface area contributed by atoms with Crippen LogP contribution in [0.3, 0.4) is 0 Å². The van der Waals surface area contributed by atoms with E-state index in [0.29, 0.717) is 17.0 Å². The molecule has 2 amide bonds. The Labute approximate surface area is 154 Å². The van der Waals surface area contributed by atoms with Crippen LogP contribution in [0.25, 0.3) is 11.2 Å². The lowest BCUT2D eigenvalue weighted by Crippen LogP contribution is -2.60. The molecular formula is C18H18N5O4-. The van der Waals surface area contributed by atoms with Crippen LogP contribution in [0.4, 0.5) is 5.69 Å². The van der Waals surface area contributed by atoms with E-state index in [-0.39, 0.29) is 6.42 Å². The van der Waals surface area contributed by atoms with Crippen LogP contribution in [0.15, 0.2) is 29.6 Å². The molecule has 3 aliphatic rings. The van der Waals surface area contributed by atoms with Gasteiger partial charge in [0.1, 0.15) is 22.8 Å². The molecule has 0 spiro atoms. The molecule has 9 heteroatoms. The number of hydrogen-bond donors (Lipinski definition) is 1. The van der Waals surface area contributed by atoms with Gasteiger partial charge in [-0.2, -0.15) is 0 Å². The van der Waals surface area contributed by atoms with Crippen molar-refractivity contribution in [3.63, 3.8) is 0 Å². The minimum absolute atomic E-state index is 0.108. The van der Waals surface area contributed by atoms with Gasteiger partial charge in [0.25, 0.3) is 5.91 Å². The highest BCUT2D eigenvalue weighted by molar-refractivity contribution is 6.27. The van der Waals surface area contributed by atoms with Crippen LogP contribution in [-0.4, -0.2) is 49.2 Å². The molecule has 0 saturated carbocycles. The molecular weight excluding hydrogens is 350 g/mol. The molecule has 3 fully saturated rings. The Hall–Kier alpha value is -2.65. The van der Waals surface area contributed by atoms with E-state index in [9.17, 15) is 20.2 Å². The summed E-state index contributed by atoms with van der Waals surface area (Å²) in [6, 6.07) is 3.37. The standard InChI is InChI=1S/C18H18N5O4/c1-9-10(4-5-12-20-6-7-22(9)12)23-14(25)13-17(3)11(24)8-16(2,27-17)18(13,21-19)15(23)26/h4-7,11,13,24H,8H2,1-3H3/q-1/t11-,13?,16?,17?,18-/m1/s1. The first-order valence-corrected chi connectivity index (χ1v) is 8.77. The van der Waals surface area contributed by atoms with Gasteiger partial charge in [0, 0.05) is 24.5 Å². The summed E-state index contributed by atoms with van der Waals surface area (Å²) in [5.74, 6) is -2.28. The Morgan fingerprint density at radius 3 is 2.81 bits per heavy atom. The van der Waals surface area contributed by atoms with E-state index in [1.165, 1.54) is 0 Å². The number of aromatic nitrogens is 2. The first-order chi connectivity index (χ1) is 12.7. The van der Waals surface area contributed by atoms with Crippen molar-refractivity contribution < 1.29 is 19.4 Å². The summed E-state index contributed by atoms with van der Waals surface area (Å²) in [5.41, 5.74) is 7.33. The molecule has 5 heterocycles. The van der Waals surface area contributed by atoms with Crippen molar-refractivity contribution in [1.29, 1.82) is 0 Å². The minimum Gasteiger partial charge on any atom is -0.711 e. The van der Waals surface area contributed by atoms with Crippen molar-refractivity contribution in [2.24, 2.45) is 11.0 Å². The molecule has 0 radical (unpaired) electrons. The highest BCUT2D eigenvalue weighted by Crippen LogP contribution is 2.64. The van der Waals surface area contributed by atoms with E-state index in [1.807, 2.05) is 0 Å². The number of fused-ring (bicyclic) bond motifs is 6. The number of aliphatic hydroxyl groups is 1. The highest BCUT2D eigenvalue weighted by atomic mass is 16.6. The Balaban J connectivity index is 1.74. The molecule has 140 valence electrons. The van der Waals surface area contributed by atoms with E-state index in [4.69, 9.17) is 4.74 Å². The van der Waals surface area contributed by atoms with Gasteiger partial charge in [-0.25, -0.2) is 9.88 Å². The molecule has 3 aliphatic heterocycles. The molecule has 2 bridgehead atoms. The number of hydrogen-bond acceptors (Lipinski definition) is 6. The van der Waals surface area contributed by atoms with Crippen LogP contribution in [0.5, 0.6) is 0 Å². The zero-order chi connectivity index (χ0) is 19.4. The van der Waals surface area contributed by atoms with Crippen LogP contribution in [-0.2, 0) is 14.3 Å². The lowest BCUT2D eigenvalue weighted by Gasteiger charge is -2.41. The van der Waals surface area contributed by atoms with Gasteiger partial charge < -0.3 is 24.9 Å². The number of aryl methyl sites for hydroxylation is 1. The summed E-state index contributed by atoms with van der Waals surface area (Å²) in [4.78, 5) is 32.1. The maximum absolute atomic E-state index is 13.5. The van der Waals surface area contributed by atoms with Crippen molar-refractivity contribution in [1.82, 2.24) is 9.38 Å². The Kier molecular flexibility index (Phi) is 2.81. The maximum Gasteiger partial charge on any atom is 0.263 e. The van der Waals surface area contributed by atoms with Crippen molar-refractivity contribution in [3.05, 3.63) is 35.8 Å². The third-order valence-electron chi connectivity index (χ3n) is 6.67. The van der Waals surface area contributed by atoms with E-state index in [0.717, 1.165) is 4.90 Å². The largest absolute Gasteiger partial charge is 0.711 e. The molecule has 3 saturated heterocycles. The number of pyridine rings is 1. The van der Waals surface area contributed by atoms with E-state index < -0.39 is 40.6 Å². The van der Waals surface area contributed by atoms with Crippen molar-refractivity contribution in [2.45, 2.75) is 50.0 Å². The number of imidazole rings is 1. The minimum atomic E-state index is -1.77. The van der Waals surface area contributed by atoms with Gasteiger partial charge in [-0.05, 0) is 32.9 Å². The number of rotatable bonds is 2. The second-order valence-electron chi connectivity index (χ2n) is 7.97. The summed E-state index contributed by atoms with van der Waals surface area (Å²) < 4.78 is 7.72. The Morgan fingerprint density at radius 2 is 2.11 bits per heavy atom. The van der Waals surface area contributed by atoms with E-state index in [1.54, 1.807) is 49.7 Å². The molecule has 9 nitrogen and oxygen atoms in total. The normalized spacial score (nSPS) is 40.2. The first kappa shape index (κ1) is 16.5. The molecule has 27 heavy (non-hydrogen) atoms. The molecule has 1 N–H and O–H groups in total. The van der Waals surface area contributed by atoms with Gasteiger partial charge >= 0.3 is 0 Å². The third-order valence-corrected chi connectivity index (χ3v) is 6.67. The van der Waals surface area contributed by atoms with Gasteiger partial charge in [-0.15, -0.1) is 0 Å². The predicted octanol–water partition coefficient (Wildman–Crippen LogP) is 1.20. The highest BCUT2D eigenvalue weighted by Gasteiger charge is 2.83. The van der Waals surface area contributed by atoms with Gasteiger partial charge in [-0.3, -0.25) is 9.59 Å². The zero-order valence-electron chi connectivity index (χ0n) is 15.1. The number of amides is 2. The fourth-order valence-corrected chi connectivity index (χ4v) is 5.33. The van der Waals surface area contributed by atoms with Crippen molar-refractivity contribution >= 4 is 23.1 Å². The van der Waals surface area contributed by atoms with Crippen LogP contribution >= 0.6 is 0 Å². The maximum atomic E-state index is 13.5. The average molecular weight is 368 g/mol. The zero-order valence-corrected chi connectivity index (χ0v) is 15.1. The van der Waals surface area contributed by atoms with Gasteiger partial charge in [0.15, 0.2) is 5.54 Å². The number of aliphatic hydroxyl groups excluding tert-OH is 1. The molecule has 2 aromatic rings. The Morgan fingerprint density at radius 1 is 1.37 bits per heavy atom.